The van der Waals surface area contributed by atoms with Crippen LogP contribution in [0.3, 0.4) is 0 Å². The van der Waals surface area contributed by atoms with Gasteiger partial charge in [0.25, 0.3) is 5.69 Å². The van der Waals surface area contributed by atoms with Crippen LogP contribution >= 0.6 is 11.6 Å². The van der Waals surface area contributed by atoms with Gasteiger partial charge in [0, 0.05) is 13.0 Å². The van der Waals surface area contributed by atoms with Crippen molar-refractivity contribution in [2.24, 2.45) is 0 Å². The van der Waals surface area contributed by atoms with E-state index in [2.05, 4.69) is 5.32 Å². The summed E-state index contributed by atoms with van der Waals surface area (Å²) >= 11 is 5.62. The molecule has 1 aromatic carbocycles. The molecule has 0 aliphatic heterocycles. The zero-order valence-electron chi connectivity index (χ0n) is 9.39. The Labute approximate surface area is 106 Å². The van der Waals surface area contributed by atoms with Crippen LogP contribution in [-0.2, 0) is 4.79 Å². The van der Waals surface area contributed by atoms with Gasteiger partial charge in [-0.25, -0.2) is 0 Å². The van der Waals surface area contributed by atoms with E-state index in [1.165, 1.54) is 13.8 Å². The lowest BCUT2D eigenvalue weighted by molar-refractivity contribution is -0.393. The summed E-state index contributed by atoms with van der Waals surface area (Å²) in [6.07, 6.45) is 0. The summed E-state index contributed by atoms with van der Waals surface area (Å²) in [5.41, 5.74) is -1.20. The molecule has 0 bridgehead atoms. The van der Waals surface area contributed by atoms with Crippen LogP contribution in [0.1, 0.15) is 12.5 Å². The van der Waals surface area contributed by atoms with Crippen LogP contribution in [0.25, 0.3) is 0 Å². The fraction of sp³-hybridized carbons (Fsp3) is 0.222. The number of nitrogens with zero attached hydrogens (tertiary/aromatic N) is 2. The van der Waals surface area contributed by atoms with Crippen molar-refractivity contribution in [2.75, 3.05) is 5.32 Å². The van der Waals surface area contributed by atoms with Gasteiger partial charge < -0.3 is 5.32 Å². The Hall–Kier alpha value is -2.22. The summed E-state index contributed by atoms with van der Waals surface area (Å²) in [5, 5.41) is 23.2. The first-order valence-corrected chi connectivity index (χ1v) is 5.03. The molecule has 0 atom stereocenters. The van der Waals surface area contributed by atoms with Crippen LogP contribution in [0, 0.1) is 27.2 Å². The second-order valence-electron chi connectivity index (χ2n) is 3.45. The standard InChI is InChI=1S/C9H8ClN3O5/c1-4-3-6(12(15)16)7(10)9(13(17)18)8(4)11-5(2)14/h3H,1-2H3,(H,11,14). The molecule has 0 aliphatic carbocycles. The largest absolute Gasteiger partial charge is 0.320 e. The molecule has 1 N–H and O–H groups in total. The van der Waals surface area contributed by atoms with E-state index in [1.54, 1.807) is 0 Å². The quantitative estimate of drug-likeness (QED) is 0.670. The number of benzene rings is 1. The van der Waals surface area contributed by atoms with Crippen molar-refractivity contribution in [1.29, 1.82) is 0 Å². The normalized spacial score (nSPS) is 9.94. The highest BCUT2D eigenvalue weighted by molar-refractivity contribution is 6.35. The number of rotatable bonds is 3. The number of nitrogens with one attached hydrogen (secondary N) is 1. The van der Waals surface area contributed by atoms with Crippen molar-refractivity contribution < 1.29 is 14.6 Å². The Morgan fingerprint density at radius 2 is 1.89 bits per heavy atom. The molecule has 0 radical (unpaired) electrons. The van der Waals surface area contributed by atoms with Crippen molar-refractivity contribution in [2.45, 2.75) is 13.8 Å². The van der Waals surface area contributed by atoms with Crippen molar-refractivity contribution in [3.63, 3.8) is 0 Å². The number of nitro groups is 2. The van der Waals surface area contributed by atoms with Gasteiger partial charge in [0.2, 0.25) is 5.91 Å². The molecule has 0 fully saturated rings. The van der Waals surface area contributed by atoms with Crippen molar-refractivity contribution in [3.05, 3.63) is 36.9 Å². The Balaban J connectivity index is 3.62. The third-order valence-corrected chi connectivity index (χ3v) is 2.47. The van der Waals surface area contributed by atoms with E-state index in [-0.39, 0.29) is 11.3 Å². The van der Waals surface area contributed by atoms with Crippen LogP contribution in [0.5, 0.6) is 0 Å². The molecule has 0 heterocycles. The molecule has 1 aromatic rings. The second kappa shape index (κ2) is 4.96. The minimum atomic E-state index is -0.867. The number of carbonyl (C=O) groups excluding carboxylic acids is 1. The number of nitro benzene ring substituents is 2. The molecule has 8 nitrogen and oxygen atoms in total. The molecular formula is C9H8ClN3O5. The highest BCUT2D eigenvalue weighted by Gasteiger charge is 2.30. The smallest absolute Gasteiger partial charge is 0.318 e. The molecule has 0 aliphatic rings. The zero-order valence-corrected chi connectivity index (χ0v) is 10.1. The predicted molar refractivity (Wildman–Crippen MR) is 63.8 cm³/mol. The number of aryl methyl sites for hydroxylation is 1. The summed E-state index contributed by atoms with van der Waals surface area (Å²) in [7, 11) is 0. The lowest BCUT2D eigenvalue weighted by Gasteiger charge is -2.08. The third-order valence-electron chi connectivity index (χ3n) is 2.10. The average molecular weight is 274 g/mol. The van der Waals surface area contributed by atoms with E-state index in [4.69, 9.17) is 11.6 Å². The van der Waals surface area contributed by atoms with E-state index >= 15 is 0 Å². The Bertz CT molecular complexity index is 558. The van der Waals surface area contributed by atoms with Crippen molar-refractivity contribution in [3.8, 4) is 0 Å². The lowest BCUT2D eigenvalue weighted by atomic mass is 10.1. The van der Waals surface area contributed by atoms with Gasteiger partial charge in [0.05, 0.1) is 9.85 Å². The topological polar surface area (TPSA) is 115 Å². The van der Waals surface area contributed by atoms with Crippen molar-refractivity contribution >= 4 is 34.6 Å². The first-order chi connectivity index (χ1) is 8.25. The Morgan fingerprint density at radius 3 is 2.28 bits per heavy atom. The molecule has 0 saturated carbocycles. The fourth-order valence-electron chi connectivity index (χ4n) is 1.40. The highest BCUT2D eigenvalue weighted by atomic mass is 35.5. The van der Waals surface area contributed by atoms with E-state index in [0.717, 1.165) is 6.07 Å². The molecule has 0 aromatic heterocycles. The highest BCUT2D eigenvalue weighted by Crippen LogP contribution is 2.41. The van der Waals surface area contributed by atoms with Gasteiger partial charge in [-0.3, -0.25) is 25.0 Å². The van der Waals surface area contributed by atoms with Gasteiger partial charge in [0.1, 0.15) is 5.69 Å². The van der Waals surface area contributed by atoms with Crippen LogP contribution < -0.4 is 5.32 Å². The molecule has 18 heavy (non-hydrogen) atoms. The van der Waals surface area contributed by atoms with Gasteiger partial charge in [0.15, 0.2) is 5.02 Å². The number of amides is 1. The van der Waals surface area contributed by atoms with Crippen LogP contribution in [0.4, 0.5) is 17.1 Å². The number of carbonyl (C=O) groups is 1. The van der Waals surface area contributed by atoms with Crippen molar-refractivity contribution in [1.82, 2.24) is 0 Å². The maximum Gasteiger partial charge on any atom is 0.318 e. The number of halogens is 1. The van der Waals surface area contributed by atoms with Gasteiger partial charge in [-0.05, 0) is 12.5 Å². The van der Waals surface area contributed by atoms with Gasteiger partial charge >= 0.3 is 5.69 Å². The molecule has 1 amide bonds. The molecular weight excluding hydrogens is 266 g/mol. The second-order valence-corrected chi connectivity index (χ2v) is 3.82. The monoisotopic (exact) mass is 273 g/mol. The fourth-order valence-corrected chi connectivity index (χ4v) is 1.68. The summed E-state index contributed by atoms with van der Waals surface area (Å²) < 4.78 is 0. The SMILES string of the molecule is CC(=O)Nc1c(C)cc([N+](=O)[O-])c(Cl)c1[N+](=O)[O-]. The maximum atomic E-state index is 11.0. The minimum absolute atomic E-state index is 0.136. The molecule has 1 rings (SSSR count). The van der Waals surface area contributed by atoms with Gasteiger partial charge in [-0.2, -0.15) is 0 Å². The van der Waals surface area contributed by atoms with E-state index in [9.17, 15) is 25.0 Å². The molecule has 0 saturated heterocycles. The summed E-state index contributed by atoms with van der Waals surface area (Å²) in [5.74, 6) is -0.536. The third kappa shape index (κ3) is 2.54. The number of hydrogen-bond donors (Lipinski definition) is 1. The van der Waals surface area contributed by atoms with Crippen LogP contribution in [0.15, 0.2) is 6.07 Å². The van der Waals surface area contributed by atoms with Gasteiger partial charge in [-0.1, -0.05) is 11.6 Å². The predicted octanol–water partition coefficient (Wildman–Crippen LogP) is 2.42. The Morgan fingerprint density at radius 1 is 1.33 bits per heavy atom. The lowest BCUT2D eigenvalue weighted by Crippen LogP contribution is -2.10. The molecule has 0 spiro atoms. The minimum Gasteiger partial charge on any atom is -0.320 e. The molecule has 0 unspecified atom stereocenters. The summed E-state index contributed by atoms with van der Waals surface area (Å²) in [4.78, 5) is 30.9. The Kier molecular flexibility index (Phi) is 3.82. The number of anilines is 1. The van der Waals surface area contributed by atoms with E-state index < -0.39 is 32.2 Å². The number of hydrogen-bond acceptors (Lipinski definition) is 5. The molecule has 96 valence electrons. The first-order valence-electron chi connectivity index (χ1n) is 4.65. The summed E-state index contributed by atoms with van der Waals surface area (Å²) in [6.45, 7) is 2.57. The van der Waals surface area contributed by atoms with Crippen LogP contribution in [-0.4, -0.2) is 15.8 Å². The van der Waals surface area contributed by atoms with E-state index in [1.807, 2.05) is 0 Å². The maximum absolute atomic E-state index is 11.0. The van der Waals surface area contributed by atoms with Gasteiger partial charge in [-0.15, -0.1) is 0 Å². The first kappa shape index (κ1) is 13.8. The van der Waals surface area contributed by atoms with Crippen LogP contribution in [0.2, 0.25) is 5.02 Å². The molecule has 9 heteroatoms. The van der Waals surface area contributed by atoms with E-state index in [0.29, 0.717) is 0 Å². The summed E-state index contributed by atoms with van der Waals surface area (Å²) in [6, 6.07) is 1.07. The average Bonchev–Trinajstić information content (AvgIpc) is 2.21. The zero-order chi connectivity index (χ0) is 14.0.